The second-order valence-corrected chi connectivity index (χ2v) is 7.59. The van der Waals surface area contributed by atoms with Crippen LogP contribution in [-0.4, -0.2) is 69.4 Å². The van der Waals surface area contributed by atoms with E-state index in [-0.39, 0.29) is 5.91 Å². The molecule has 2 N–H and O–H groups in total. The summed E-state index contributed by atoms with van der Waals surface area (Å²) in [6.45, 7) is 2.24. The van der Waals surface area contributed by atoms with Crippen LogP contribution in [0.4, 0.5) is 13.2 Å². The number of piperidine rings is 1. The summed E-state index contributed by atoms with van der Waals surface area (Å²) >= 11 is 1.62. The van der Waals surface area contributed by atoms with Crippen LogP contribution in [0.3, 0.4) is 0 Å². The van der Waals surface area contributed by atoms with Crippen LogP contribution in [0, 0.1) is 0 Å². The zero-order valence-electron chi connectivity index (χ0n) is 17.1. The number of amides is 1. The molecule has 170 valence electrons. The van der Waals surface area contributed by atoms with Gasteiger partial charge >= 0.3 is 12.1 Å². The summed E-state index contributed by atoms with van der Waals surface area (Å²) in [4.78, 5) is 24.7. The van der Waals surface area contributed by atoms with Gasteiger partial charge in [-0.15, -0.1) is 16.9 Å². The number of nitrogens with zero attached hydrogens (tertiary/aromatic N) is 4. The Balaban J connectivity index is 0.000000423. The predicted octanol–water partition coefficient (Wildman–Crippen LogP) is 2.83. The van der Waals surface area contributed by atoms with Crippen molar-refractivity contribution in [3.8, 4) is 0 Å². The molecule has 0 aliphatic carbocycles. The van der Waals surface area contributed by atoms with E-state index in [0.717, 1.165) is 48.6 Å². The van der Waals surface area contributed by atoms with E-state index < -0.39 is 12.1 Å². The molecular weight excluding hydrogens is 435 g/mol. The van der Waals surface area contributed by atoms with E-state index in [4.69, 9.17) is 9.90 Å². The fraction of sp³-hybridized carbons (Fsp3) is 0.474. The van der Waals surface area contributed by atoms with Gasteiger partial charge in [0.15, 0.2) is 0 Å². The molecule has 1 fully saturated rings. The number of hydrogen-bond donors (Lipinski definition) is 2. The molecule has 0 atom stereocenters. The first kappa shape index (κ1) is 24.7. The number of rotatable bonds is 5. The summed E-state index contributed by atoms with van der Waals surface area (Å²) in [7, 11) is 1.90. The molecule has 1 saturated heterocycles. The maximum Gasteiger partial charge on any atom is 0.490 e. The number of benzene rings is 1. The summed E-state index contributed by atoms with van der Waals surface area (Å²) in [5.41, 5.74) is 1.76. The highest BCUT2D eigenvalue weighted by atomic mass is 32.2. The number of nitrogens with one attached hydrogen (secondary N) is 1. The van der Waals surface area contributed by atoms with E-state index in [9.17, 15) is 18.0 Å². The molecule has 0 saturated carbocycles. The molecule has 1 amide bonds. The van der Waals surface area contributed by atoms with Crippen molar-refractivity contribution in [2.75, 3.05) is 26.4 Å². The van der Waals surface area contributed by atoms with Crippen LogP contribution in [0.1, 0.15) is 34.9 Å². The lowest BCUT2D eigenvalue weighted by Gasteiger charge is -2.32. The molecule has 12 heteroatoms. The van der Waals surface area contributed by atoms with E-state index in [1.54, 1.807) is 11.8 Å². The average molecular weight is 459 g/mol. The van der Waals surface area contributed by atoms with Gasteiger partial charge in [-0.25, -0.2) is 9.48 Å². The minimum Gasteiger partial charge on any atom is -0.475 e. The number of halogens is 3. The molecule has 1 aromatic carbocycles. The smallest absolute Gasteiger partial charge is 0.475 e. The first-order chi connectivity index (χ1) is 14.7. The van der Waals surface area contributed by atoms with Crippen molar-refractivity contribution in [3.63, 3.8) is 0 Å². The molecule has 0 unspecified atom stereocenters. The van der Waals surface area contributed by atoms with Crippen molar-refractivity contribution < 1.29 is 27.9 Å². The Morgan fingerprint density at radius 3 is 2.42 bits per heavy atom. The number of carbonyl (C=O) groups is 2. The Hall–Kier alpha value is -2.60. The normalized spacial score (nSPS) is 14.7. The number of aliphatic carboxylic acids is 1. The lowest BCUT2D eigenvalue weighted by Crippen LogP contribution is -2.39. The number of likely N-dealkylation sites (tertiary alicyclic amines) is 1. The minimum absolute atomic E-state index is 0.132. The Bertz CT molecular complexity index is 883. The number of thioether (sulfide) groups is 1. The van der Waals surface area contributed by atoms with Gasteiger partial charge in [0, 0.05) is 24.5 Å². The summed E-state index contributed by atoms with van der Waals surface area (Å²) < 4.78 is 33.7. The van der Waals surface area contributed by atoms with E-state index in [2.05, 4.69) is 15.6 Å². The minimum atomic E-state index is -5.08. The van der Waals surface area contributed by atoms with Crippen molar-refractivity contribution in [1.29, 1.82) is 0 Å². The number of hydrogen-bond acceptors (Lipinski definition) is 6. The molecule has 0 radical (unpaired) electrons. The van der Waals surface area contributed by atoms with Gasteiger partial charge in [0.1, 0.15) is 0 Å². The molecule has 2 aromatic rings. The molecule has 0 spiro atoms. The first-order valence-corrected chi connectivity index (χ1v) is 10.7. The summed E-state index contributed by atoms with van der Waals surface area (Å²) in [6.07, 6.45) is 0.749. The van der Waals surface area contributed by atoms with Crippen LogP contribution in [0.2, 0.25) is 0 Å². The molecule has 2 heterocycles. The Morgan fingerprint density at radius 2 is 1.87 bits per heavy atom. The monoisotopic (exact) mass is 459 g/mol. The van der Waals surface area contributed by atoms with Gasteiger partial charge in [0.2, 0.25) is 0 Å². The molecule has 31 heavy (non-hydrogen) atoms. The number of carboxylic acids is 1. The third-order valence-corrected chi connectivity index (χ3v) is 5.42. The van der Waals surface area contributed by atoms with Crippen LogP contribution in [-0.2, 0) is 11.3 Å². The third kappa shape index (κ3) is 6.96. The Kier molecular flexibility index (Phi) is 8.87. The van der Waals surface area contributed by atoms with Crippen molar-refractivity contribution in [2.45, 2.75) is 36.5 Å². The molecular formula is C19H24F3N5O3S. The summed E-state index contributed by atoms with van der Waals surface area (Å²) in [5, 5.41) is 18.6. The first-order valence-electron chi connectivity index (χ1n) is 9.45. The topological polar surface area (TPSA) is 100 Å². The lowest BCUT2D eigenvalue weighted by molar-refractivity contribution is -0.192. The molecule has 0 bridgehead atoms. The van der Waals surface area contributed by atoms with Gasteiger partial charge in [0.05, 0.1) is 23.5 Å². The van der Waals surface area contributed by atoms with Crippen LogP contribution in [0.15, 0.2) is 35.4 Å². The molecule has 1 aliphatic rings. The summed E-state index contributed by atoms with van der Waals surface area (Å²) in [6, 6.07) is 8.15. The van der Waals surface area contributed by atoms with E-state index in [1.165, 1.54) is 0 Å². The van der Waals surface area contributed by atoms with Gasteiger partial charge in [-0.05, 0) is 38.3 Å². The molecule has 1 aromatic heterocycles. The van der Waals surface area contributed by atoms with Crippen molar-refractivity contribution in [2.24, 2.45) is 0 Å². The van der Waals surface area contributed by atoms with Crippen LogP contribution >= 0.6 is 11.8 Å². The SMILES string of the molecule is CNCc1cn(C2CCN(C(=O)c3ccccc3SC)CC2)nn1.O=C(O)C(F)(F)F. The van der Waals surface area contributed by atoms with Crippen LogP contribution in [0.5, 0.6) is 0 Å². The highest BCUT2D eigenvalue weighted by Crippen LogP contribution is 2.26. The van der Waals surface area contributed by atoms with Crippen LogP contribution in [0.25, 0.3) is 0 Å². The molecule has 1 aliphatic heterocycles. The van der Waals surface area contributed by atoms with Crippen molar-refractivity contribution >= 4 is 23.6 Å². The van der Waals surface area contributed by atoms with Gasteiger partial charge < -0.3 is 15.3 Å². The second-order valence-electron chi connectivity index (χ2n) is 6.75. The zero-order valence-corrected chi connectivity index (χ0v) is 17.9. The maximum atomic E-state index is 12.8. The molecule has 3 rings (SSSR count). The largest absolute Gasteiger partial charge is 0.490 e. The quantitative estimate of drug-likeness (QED) is 0.663. The highest BCUT2D eigenvalue weighted by molar-refractivity contribution is 7.98. The fourth-order valence-electron chi connectivity index (χ4n) is 3.08. The third-order valence-electron chi connectivity index (χ3n) is 4.62. The van der Waals surface area contributed by atoms with Crippen LogP contribution < -0.4 is 5.32 Å². The Labute approximate surface area is 181 Å². The van der Waals surface area contributed by atoms with E-state index in [1.807, 2.05) is 53.3 Å². The number of carbonyl (C=O) groups excluding carboxylic acids is 1. The van der Waals surface area contributed by atoms with Gasteiger partial charge in [0.25, 0.3) is 5.91 Å². The number of aromatic nitrogens is 3. The molecule has 8 nitrogen and oxygen atoms in total. The standard InChI is InChI=1S/C17H23N5OS.C2HF3O2/c1-18-11-13-12-22(20-19-13)14-7-9-21(10-8-14)17(23)15-5-3-4-6-16(15)24-2;3-2(4,5)1(6)7/h3-6,12,14,18H,7-11H2,1-2H3;(H,6,7). The predicted molar refractivity (Wildman–Crippen MR) is 109 cm³/mol. The highest BCUT2D eigenvalue weighted by Gasteiger charge is 2.38. The van der Waals surface area contributed by atoms with Gasteiger partial charge in [-0.1, -0.05) is 17.3 Å². The Morgan fingerprint density at radius 1 is 1.26 bits per heavy atom. The average Bonchev–Trinajstić information content (AvgIpc) is 3.22. The van der Waals surface area contributed by atoms with E-state index >= 15 is 0 Å². The lowest BCUT2D eigenvalue weighted by atomic mass is 10.0. The zero-order chi connectivity index (χ0) is 23.0. The van der Waals surface area contributed by atoms with Gasteiger partial charge in [-0.2, -0.15) is 13.2 Å². The summed E-state index contributed by atoms with van der Waals surface area (Å²) in [5.74, 6) is -2.62. The number of alkyl halides is 3. The van der Waals surface area contributed by atoms with E-state index in [0.29, 0.717) is 6.04 Å². The number of carboxylic acid groups (broad SMARTS) is 1. The maximum absolute atomic E-state index is 12.8. The second kappa shape index (κ2) is 11.1. The van der Waals surface area contributed by atoms with Gasteiger partial charge in [-0.3, -0.25) is 4.79 Å². The van der Waals surface area contributed by atoms with Crippen molar-refractivity contribution in [1.82, 2.24) is 25.2 Å². The van der Waals surface area contributed by atoms with Crippen molar-refractivity contribution in [3.05, 3.63) is 41.7 Å². The fourth-order valence-corrected chi connectivity index (χ4v) is 3.67.